The van der Waals surface area contributed by atoms with Crippen LogP contribution in [-0.2, 0) is 6.18 Å². The Bertz CT molecular complexity index is 1100. The van der Waals surface area contributed by atoms with Crippen LogP contribution in [0.3, 0.4) is 0 Å². The van der Waals surface area contributed by atoms with E-state index < -0.39 is 17.6 Å². The Morgan fingerprint density at radius 3 is 2.42 bits per heavy atom. The quantitative estimate of drug-likeness (QED) is 0.225. The van der Waals surface area contributed by atoms with Crippen molar-refractivity contribution in [3.05, 3.63) is 88.8 Å². The second-order valence-corrected chi connectivity index (χ2v) is 8.90. The number of aliphatic hydroxyl groups is 1. The molecule has 0 unspecified atom stereocenters. The van der Waals surface area contributed by atoms with Crippen molar-refractivity contribution < 1.29 is 23.1 Å². The molecule has 0 fully saturated rings. The fourth-order valence-electron chi connectivity index (χ4n) is 2.79. The van der Waals surface area contributed by atoms with E-state index in [1.54, 1.807) is 19.1 Å². The number of halogens is 3. The number of aliphatic hydroxyl groups excluding tert-OH is 1. The number of carbonyl (C=O) groups is 1. The molecular formula is C25H28F3N3O2. The number of amides is 1. The lowest BCUT2D eigenvalue weighted by molar-refractivity contribution is -0.137. The summed E-state index contributed by atoms with van der Waals surface area (Å²) in [6, 6.07) is 8.92. The van der Waals surface area contributed by atoms with E-state index in [2.05, 4.69) is 17.2 Å². The van der Waals surface area contributed by atoms with Crippen molar-refractivity contribution >= 4 is 17.3 Å². The summed E-state index contributed by atoms with van der Waals surface area (Å²) >= 11 is 0. The summed E-state index contributed by atoms with van der Waals surface area (Å²) in [4.78, 5) is 12.5. The van der Waals surface area contributed by atoms with Crippen LogP contribution in [0.1, 0.15) is 47.8 Å². The Morgan fingerprint density at radius 2 is 1.82 bits per heavy atom. The first kappa shape index (κ1) is 25.7. The maximum absolute atomic E-state index is 12.9. The zero-order valence-electron chi connectivity index (χ0n) is 19.0. The third-order valence-corrected chi connectivity index (χ3v) is 4.66. The molecule has 0 atom stereocenters. The zero-order valence-corrected chi connectivity index (χ0v) is 19.0. The number of hydrogen-bond acceptors (Lipinski definition) is 4. The van der Waals surface area contributed by atoms with Crippen molar-refractivity contribution in [1.29, 1.82) is 5.41 Å². The molecule has 2 aromatic carbocycles. The van der Waals surface area contributed by atoms with Crippen LogP contribution in [0, 0.1) is 17.7 Å². The summed E-state index contributed by atoms with van der Waals surface area (Å²) in [7, 11) is 0. The average molecular weight is 460 g/mol. The molecule has 2 rings (SSSR count). The van der Waals surface area contributed by atoms with Gasteiger partial charge in [-0.05, 0) is 48.2 Å². The Morgan fingerprint density at radius 1 is 1.15 bits per heavy atom. The molecule has 33 heavy (non-hydrogen) atoms. The number of carbonyl (C=O) groups excluding carboxylic acids is 1. The maximum atomic E-state index is 12.9. The minimum atomic E-state index is -4.55. The summed E-state index contributed by atoms with van der Waals surface area (Å²) in [5.41, 5.74) is 0.643. The van der Waals surface area contributed by atoms with Gasteiger partial charge >= 0.3 is 6.18 Å². The molecule has 0 saturated carbocycles. The molecule has 0 aliphatic rings. The largest absolute Gasteiger partial charge is 0.506 e. The normalized spacial score (nSPS) is 12.3. The molecule has 0 radical (unpaired) electrons. The molecule has 0 saturated heterocycles. The van der Waals surface area contributed by atoms with Crippen molar-refractivity contribution in [3.63, 3.8) is 0 Å². The highest BCUT2D eigenvalue weighted by Gasteiger charge is 2.30. The highest BCUT2D eigenvalue weighted by atomic mass is 19.4. The molecule has 5 nitrogen and oxygen atoms in total. The van der Waals surface area contributed by atoms with Gasteiger partial charge in [-0.3, -0.25) is 4.79 Å². The lowest BCUT2D eigenvalue weighted by atomic mass is 9.97. The van der Waals surface area contributed by atoms with E-state index in [1.165, 1.54) is 24.3 Å². The van der Waals surface area contributed by atoms with Gasteiger partial charge in [-0.15, -0.1) is 0 Å². The van der Waals surface area contributed by atoms with Crippen LogP contribution in [0.25, 0.3) is 0 Å². The van der Waals surface area contributed by atoms with Crippen LogP contribution in [0.4, 0.5) is 18.9 Å². The molecule has 0 heterocycles. The number of rotatable bonds is 7. The summed E-state index contributed by atoms with van der Waals surface area (Å²) in [5.74, 6) is -0.900. The Hall–Kier alpha value is -3.55. The number of anilines is 1. The fraction of sp³-hybridized carbons (Fsp3) is 0.280. The predicted octanol–water partition coefficient (Wildman–Crippen LogP) is 6.23. The summed E-state index contributed by atoms with van der Waals surface area (Å²) in [6.07, 6.45) is -3.30. The summed E-state index contributed by atoms with van der Waals surface area (Å²) in [6.45, 7) is 12.2. The number of alkyl halides is 3. The SMILES string of the molecule is C=C(NCC(C)(C)C)/C(O)=C/C(=N)c1cc(NC(=O)c2cccc(C(F)(F)F)c2)ccc1C. The van der Waals surface area contributed by atoms with Crippen LogP contribution < -0.4 is 10.6 Å². The fourth-order valence-corrected chi connectivity index (χ4v) is 2.79. The molecule has 0 aliphatic heterocycles. The van der Waals surface area contributed by atoms with Crippen molar-refractivity contribution in [3.8, 4) is 0 Å². The molecular weight excluding hydrogens is 431 g/mol. The topological polar surface area (TPSA) is 85.2 Å². The number of aryl methyl sites for hydroxylation is 1. The molecule has 176 valence electrons. The van der Waals surface area contributed by atoms with E-state index in [4.69, 9.17) is 5.41 Å². The summed E-state index contributed by atoms with van der Waals surface area (Å²) in [5, 5.41) is 24.2. The van der Waals surface area contributed by atoms with Gasteiger partial charge in [0.1, 0.15) is 5.76 Å². The molecule has 0 spiro atoms. The molecule has 0 aliphatic carbocycles. The highest BCUT2D eigenvalue weighted by Crippen LogP contribution is 2.29. The monoisotopic (exact) mass is 459 g/mol. The van der Waals surface area contributed by atoms with Crippen molar-refractivity contribution in [2.75, 3.05) is 11.9 Å². The Labute approximate surface area is 191 Å². The van der Waals surface area contributed by atoms with Gasteiger partial charge in [0, 0.05) is 29.4 Å². The van der Waals surface area contributed by atoms with Gasteiger partial charge in [-0.2, -0.15) is 13.2 Å². The van der Waals surface area contributed by atoms with E-state index in [0.29, 0.717) is 17.8 Å². The van der Waals surface area contributed by atoms with Crippen molar-refractivity contribution in [2.24, 2.45) is 5.41 Å². The first-order valence-corrected chi connectivity index (χ1v) is 10.2. The number of nitrogens with one attached hydrogen (secondary N) is 3. The summed E-state index contributed by atoms with van der Waals surface area (Å²) < 4.78 is 38.8. The van der Waals surface area contributed by atoms with Crippen LogP contribution >= 0.6 is 0 Å². The molecule has 0 aromatic heterocycles. The molecule has 0 bridgehead atoms. The average Bonchev–Trinajstić information content (AvgIpc) is 2.72. The zero-order chi connectivity index (χ0) is 25.0. The Balaban J connectivity index is 2.19. The van der Waals surface area contributed by atoms with Crippen LogP contribution in [0.2, 0.25) is 0 Å². The van der Waals surface area contributed by atoms with Crippen LogP contribution in [0.15, 0.2) is 66.6 Å². The number of allylic oxidation sites excluding steroid dienone is 1. The maximum Gasteiger partial charge on any atom is 0.416 e. The highest BCUT2D eigenvalue weighted by molar-refractivity contribution is 6.10. The smallest absolute Gasteiger partial charge is 0.416 e. The van der Waals surface area contributed by atoms with E-state index in [9.17, 15) is 23.1 Å². The second kappa shape index (κ2) is 9.94. The Kier molecular flexibility index (Phi) is 7.74. The standard InChI is InChI=1S/C25H28F3N3O2/c1-15-9-10-19(31-23(33)17-7-6-8-18(11-17)25(26,27)28)12-20(15)21(29)13-22(32)16(2)30-14-24(3,4)5/h6-13,29-30,32H,2,14H2,1,3-5H3,(H,31,33)/b22-13-,29-21?. The minimum Gasteiger partial charge on any atom is -0.506 e. The van der Waals surface area contributed by atoms with Gasteiger partial charge in [0.15, 0.2) is 0 Å². The van der Waals surface area contributed by atoms with Gasteiger partial charge < -0.3 is 21.1 Å². The minimum absolute atomic E-state index is 0.0149. The molecule has 4 N–H and O–H groups in total. The molecule has 8 heteroatoms. The molecule has 2 aromatic rings. The van der Waals surface area contributed by atoms with Crippen molar-refractivity contribution in [1.82, 2.24) is 5.32 Å². The predicted molar refractivity (Wildman–Crippen MR) is 125 cm³/mol. The first-order chi connectivity index (χ1) is 15.2. The number of hydrogen-bond donors (Lipinski definition) is 4. The van der Waals surface area contributed by atoms with Gasteiger partial charge in [0.05, 0.1) is 17.0 Å². The number of benzene rings is 2. The van der Waals surface area contributed by atoms with Gasteiger partial charge in [-0.25, -0.2) is 0 Å². The third kappa shape index (κ3) is 7.52. The first-order valence-electron chi connectivity index (χ1n) is 10.2. The van der Waals surface area contributed by atoms with Crippen LogP contribution in [-0.4, -0.2) is 23.3 Å². The van der Waals surface area contributed by atoms with E-state index in [1.807, 2.05) is 20.8 Å². The van der Waals surface area contributed by atoms with E-state index >= 15 is 0 Å². The lowest BCUT2D eigenvalue weighted by Crippen LogP contribution is -2.26. The third-order valence-electron chi connectivity index (χ3n) is 4.66. The van der Waals surface area contributed by atoms with Gasteiger partial charge in [0.25, 0.3) is 5.91 Å². The van der Waals surface area contributed by atoms with Gasteiger partial charge in [-0.1, -0.05) is 39.5 Å². The van der Waals surface area contributed by atoms with Gasteiger partial charge in [0.2, 0.25) is 0 Å². The van der Waals surface area contributed by atoms with Crippen LogP contribution in [0.5, 0.6) is 0 Å². The lowest BCUT2D eigenvalue weighted by Gasteiger charge is -2.20. The van der Waals surface area contributed by atoms with E-state index in [-0.39, 0.29) is 28.1 Å². The second-order valence-electron chi connectivity index (χ2n) is 8.90. The molecule has 1 amide bonds. The van der Waals surface area contributed by atoms with Crippen molar-refractivity contribution in [2.45, 2.75) is 33.9 Å². The van der Waals surface area contributed by atoms with E-state index in [0.717, 1.165) is 17.7 Å².